The highest BCUT2D eigenvalue weighted by atomic mass is 16.5. The van der Waals surface area contributed by atoms with Gasteiger partial charge in [0.1, 0.15) is 23.2 Å². The quantitative estimate of drug-likeness (QED) is 0.750. The molecule has 2 aromatic heterocycles. The molecule has 6 heteroatoms. The number of hydrogen-bond donors (Lipinski definition) is 2. The lowest BCUT2D eigenvalue weighted by atomic mass is 9.97. The third kappa shape index (κ3) is 1.96. The number of nitrogens with zero attached hydrogens (tertiary/aromatic N) is 3. The number of nitrogens with one attached hydrogen (secondary N) is 1. The first kappa shape index (κ1) is 12.9. The molecule has 0 aliphatic carbocycles. The van der Waals surface area contributed by atoms with E-state index in [2.05, 4.69) is 21.3 Å². The van der Waals surface area contributed by atoms with E-state index >= 15 is 0 Å². The lowest BCUT2D eigenvalue weighted by molar-refractivity contribution is 0.415. The Morgan fingerprint density at radius 3 is 2.90 bits per heavy atom. The molecule has 2 heterocycles. The maximum Gasteiger partial charge on any atom is 0.183 e. The van der Waals surface area contributed by atoms with Crippen LogP contribution in [0.3, 0.4) is 0 Å². The summed E-state index contributed by atoms with van der Waals surface area (Å²) in [6, 6.07) is 9.62. The molecule has 0 aliphatic rings. The van der Waals surface area contributed by atoms with Crippen LogP contribution in [0.5, 0.6) is 5.75 Å². The molecule has 0 bridgehead atoms. The molecule has 0 atom stereocenters. The van der Waals surface area contributed by atoms with Crippen LogP contribution in [0.4, 0.5) is 5.82 Å². The zero-order valence-electron chi connectivity index (χ0n) is 11.6. The van der Waals surface area contributed by atoms with Crippen LogP contribution in [-0.2, 0) is 0 Å². The summed E-state index contributed by atoms with van der Waals surface area (Å²) in [7, 11) is 1.60. The summed E-state index contributed by atoms with van der Waals surface area (Å²) in [4.78, 5) is 4.18. The van der Waals surface area contributed by atoms with E-state index < -0.39 is 0 Å². The van der Waals surface area contributed by atoms with E-state index in [0.29, 0.717) is 17.0 Å². The van der Waals surface area contributed by atoms with E-state index in [4.69, 9.17) is 10.5 Å². The first-order valence-corrected chi connectivity index (χ1v) is 6.34. The molecular formula is C15H13N5O. The molecule has 0 fully saturated rings. The molecular weight excluding hydrogens is 266 g/mol. The molecule has 0 amide bonds. The van der Waals surface area contributed by atoms with E-state index in [0.717, 1.165) is 22.2 Å². The Bertz CT molecular complexity index is 876. The minimum absolute atomic E-state index is 0.175. The van der Waals surface area contributed by atoms with Crippen LogP contribution in [0.25, 0.3) is 22.2 Å². The topological polar surface area (TPSA) is 101 Å². The summed E-state index contributed by atoms with van der Waals surface area (Å²) in [6.07, 6.45) is 0. The normalized spacial score (nSPS) is 10.5. The third-order valence-electron chi connectivity index (χ3n) is 3.38. The molecule has 0 saturated heterocycles. The smallest absolute Gasteiger partial charge is 0.183 e. The predicted octanol–water partition coefficient (Wildman–Crippen LogP) is 2.40. The van der Waals surface area contributed by atoms with Gasteiger partial charge in [0.15, 0.2) is 5.65 Å². The van der Waals surface area contributed by atoms with Crippen LogP contribution >= 0.6 is 0 Å². The summed E-state index contributed by atoms with van der Waals surface area (Å²) >= 11 is 0. The lowest BCUT2D eigenvalue weighted by Gasteiger charge is -2.10. The first-order chi connectivity index (χ1) is 10.2. The number of ether oxygens (including phenoxy) is 1. The zero-order valence-corrected chi connectivity index (χ0v) is 11.6. The Morgan fingerprint density at radius 2 is 2.19 bits per heavy atom. The molecule has 21 heavy (non-hydrogen) atoms. The predicted molar refractivity (Wildman–Crippen MR) is 79.7 cm³/mol. The monoisotopic (exact) mass is 279 g/mol. The van der Waals surface area contributed by atoms with Crippen LogP contribution in [0.2, 0.25) is 0 Å². The number of pyridine rings is 1. The number of nitrogen functional groups attached to an aromatic ring is 1. The van der Waals surface area contributed by atoms with Crippen molar-refractivity contribution in [1.82, 2.24) is 15.2 Å². The number of hydrogen-bond acceptors (Lipinski definition) is 5. The number of methoxy groups -OCH3 is 1. The van der Waals surface area contributed by atoms with Gasteiger partial charge in [0.25, 0.3) is 0 Å². The molecule has 0 saturated carbocycles. The maximum atomic E-state index is 9.44. The Labute approximate surface area is 121 Å². The first-order valence-electron chi connectivity index (χ1n) is 6.34. The van der Waals surface area contributed by atoms with Gasteiger partial charge >= 0.3 is 0 Å². The SMILES string of the molecule is COc1cccc(-c2c(C#N)c(N)nc3n[nH]c(C)c23)c1. The van der Waals surface area contributed by atoms with E-state index in [-0.39, 0.29) is 5.82 Å². The van der Waals surface area contributed by atoms with E-state index in [1.807, 2.05) is 31.2 Å². The Morgan fingerprint density at radius 1 is 1.38 bits per heavy atom. The average Bonchev–Trinajstić information content (AvgIpc) is 2.86. The standard InChI is InChI=1S/C15H13N5O/c1-8-12-13(9-4-3-5-10(6-9)21-2)11(7-16)14(17)18-15(12)20-19-8/h3-6H,1-2H3,(H3,17,18,19,20). The molecule has 3 N–H and O–H groups in total. The van der Waals surface area contributed by atoms with Crippen molar-refractivity contribution in [1.29, 1.82) is 5.26 Å². The highest BCUT2D eigenvalue weighted by molar-refractivity contribution is 5.99. The minimum atomic E-state index is 0.175. The summed E-state index contributed by atoms with van der Waals surface area (Å²) < 4.78 is 5.25. The van der Waals surface area contributed by atoms with Crippen LogP contribution < -0.4 is 10.5 Å². The van der Waals surface area contributed by atoms with Gasteiger partial charge in [-0.3, -0.25) is 5.10 Å². The number of H-pyrrole nitrogens is 1. The van der Waals surface area contributed by atoms with Crippen molar-refractivity contribution in [3.63, 3.8) is 0 Å². The number of nitrogens with two attached hydrogens (primary N) is 1. The number of aromatic nitrogens is 3. The van der Waals surface area contributed by atoms with Crippen LogP contribution in [0, 0.1) is 18.3 Å². The van der Waals surface area contributed by atoms with Gasteiger partial charge in [0.2, 0.25) is 0 Å². The van der Waals surface area contributed by atoms with Crippen molar-refractivity contribution in [3.05, 3.63) is 35.5 Å². The van der Waals surface area contributed by atoms with Crippen molar-refractivity contribution in [3.8, 4) is 22.9 Å². The Hall–Kier alpha value is -3.07. The van der Waals surface area contributed by atoms with E-state index in [1.165, 1.54) is 0 Å². The maximum absolute atomic E-state index is 9.44. The average molecular weight is 279 g/mol. The number of anilines is 1. The fraction of sp³-hybridized carbons (Fsp3) is 0.133. The molecule has 0 radical (unpaired) electrons. The van der Waals surface area contributed by atoms with Gasteiger partial charge in [-0.2, -0.15) is 10.4 Å². The van der Waals surface area contributed by atoms with Crippen LogP contribution in [0.1, 0.15) is 11.3 Å². The van der Waals surface area contributed by atoms with Gasteiger partial charge in [-0.05, 0) is 24.6 Å². The largest absolute Gasteiger partial charge is 0.497 e. The fourth-order valence-corrected chi connectivity index (χ4v) is 2.40. The van der Waals surface area contributed by atoms with Gasteiger partial charge < -0.3 is 10.5 Å². The van der Waals surface area contributed by atoms with Gasteiger partial charge in [0.05, 0.1) is 12.5 Å². The second-order valence-corrected chi connectivity index (χ2v) is 4.64. The molecule has 3 aromatic rings. The second-order valence-electron chi connectivity index (χ2n) is 4.64. The number of aryl methyl sites for hydroxylation is 1. The van der Waals surface area contributed by atoms with Crippen molar-refractivity contribution in [2.75, 3.05) is 12.8 Å². The van der Waals surface area contributed by atoms with E-state index in [9.17, 15) is 5.26 Å². The highest BCUT2D eigenvalue weighted by Gasteiger charge is 2.18. The number of benzene rings is 1. The summed E-state index contributed by atoms with van der Waals surface area (Å²) in [6.45, 7) is 1.89. The van der Waals surface area contributed by atoms with Gasteiger partial charge in [-0.1, -0.05) is 12.1 Å². The number of nitriles is 1. The molecule has 0 aliphatic heterocycles. The lowest BCUT2D eigenvalue weighted by Crippen LogP contribution is -1.99. The van der Waals surface area contributed by atoms with Gasteiger partial charge in [0, 0.05) is 11.3 Å². The second kappa shape index (κ2) is 4.80. The third-order valence-corrected chi connectivity index (χ3v) is 3.38. The molecule has 3 rings (SSSR count). The zero-order chi connectivity index (χ0) is 15.0. The summed E-state index contributed by atoms with van der Waals surface area (Å²) in [5.74, 6) is 0.885. The number of fused-ring (bicyclic) bond motifs is 1. The van der Waals surface area contributed by atoms with Crippen molar-refractivity contribution >= 4 is 16.9 Å². The molecule has 0 spiro atoms. The molecule has 6 nitrogen and oxygen atoms in total. The van der Waals surface area contributed by atoms with Crippen molar-refractivity contribution in [2.45, 2.75) is 6.92 Å². The molecule has 0 unspecified atom stereocenters. The van der Waals surface area contributed by atoms with E-state index in [1.54, 1.807) is 7.11 Å². The van der Waals surface area contributed by atoms with Crippen LogP contribution in [-0.4, -0.2) is 22.3 Å². The highest BCUT2D eigenvalue weighted by Crippen LogP contribution is 2.35. The van der Waals surface area contributed by atoms with Crippen molar-refractivity contribution < 1.29 is 4.74 Å². The summed E-state index contributed by atoms with van der Waals surface area (Å²) in [5, 5.41) is 17.3. The molecule has 1 aromatic carbocycles. The Balaban J connectivity index is 2.44. The van der Waals surface area contributed by atoms with Crippen molar-refractivity contribution in [2.24, 2.45) is 0 Å². The fourth-order valence-electron chi connectivity index (χ4n) is 2.40. The molecule has 104 valence electrons. The Kier molecular flexibility index (Phi) is 2.95. The van der Waals surface area contributed by atoms with Gasteiger partial charge in [-0.25, -0.2) is 4.98 Å². The number of aromatic amines is 1. The van der Waals surface area contributed by atoms with Gasteiger partial charge in [-0.15, -0.1) is 0 Å². The summed E-state index contributed by atoms with van der Waals surface area (Å²) in [5.41, 5.74) is 9.15. The van der Waals surface area contributed by atoms with Crippen LogP contribution in [0.15, 0.2) is 24.3 Å². The number of rotatable bonds is 2. The minimum Gasteiger partial charge on any atom is -0.497 e.